The Morgan fingerprint density at radius 2 is 1.95 bits per heavy atom. The van der Waals surface area contributed by atoms with E-state index in [2.05, 4.69) is 37.9 Å². The van der Waals surface area contributed by atoms with Gasteiger partial charge in [0.2, 0.25) is 5.91 Å². The van der Waals surface area contributed by atoms with Crippen molar-refractivity contribution in [2.45, 2.75) is 91.3 Å². The fourth-order valence-corrected chi connectivity index (χ4v) is 4.18. The van der Waals surface area contributed by atoms with Gasteiger partial charge in [0.1, 0.15) is 0 Å². The molecule has 2 rings (SSSR count). The lowest BCUT2D eigenvalue weighted by atomic mass is 9.82. The molecule has 0 aromatic rings. The van der Waals surface area contributed by atoms with Crippen molar-refractivity contribution in [3.8, 4) is 0 Å². The van der Waals surface area contributed by atoms with E-state index in [0.29, 0.717) is 17.2 Å². The second-order valence-electron chi connectivity index (χ2n) is 7.68. The van der Waals surface area contributed by atoms with E-state index in [1.165, 1.54) is 32.1 Å². The van der Waals surface area contributed by atoms with Gasteiger partial charge in [-0.15, -0.1) is 0 Å². The number of hydrogen-bond donors (Lipinski definition) is 1. The molecule has 2 unspecified atom stereocenters. The Balaban J connectivity index is 2.10. The molecule has 3 heteroatoms. The van der Waals surface area contributed by atoms with Crippen LogP contribution in [-0.4, -0.2) is 29.6 Å². The van der Waals surface area contributed by atoms with Gasteiger partial charge in [0, 0.05) is 6.54 Å². The summed E-state index contributed by atoms with van der Waals surface area (Å²) in [5, 5.41) is 3.61. The Hall–Kier alpha value is -0.570. The highest BCUT2D eigenvalue weighted by Crippen LogP contribution is 2.42. The summed E-state index contributed by atoms with van der Waals surface area (Å²) in [7, 11) is 0. The zero-order chi connectivity index (χ0) is 15.5. The Morgan fingerprint density at radius 1 is 1.29 bits per heavy atom. The van der Waals surface area contributed by atoms with E-state index in [0.717, 1.165) is 25.8 Å². The molecule has 2 fully saturated rings. The van der Waals surface area contributed by atoms with Crippen LogP contribution in [0.4, 0.5) is 0 Å². The van der Waals surface area contributed by atoms with E-state index < -0.39 is 0 Å². The summed E-state index contributed by atoms with van der Waals surface area (Å²) >= 11 is 0. The normalized spacial score (nSPS) is 28.8. The minimum absolute atomic E-state index is 0.0639. The fourth-order valence-electron chi connectivity index (χ4n) is 4.18. The predicted octanol–water partition coefficient (Wildman–Crippen LogP) is 3.93. The highest BCUT2D eigenvalue weighted by molar-refractivity contribution is 5.84. The van der Waals surface area contributed by atoms with E-state index in [-0.39, 0.29) is 12.2 Å². The lowest BCUT2D eigenvalue weighted by molar-refractivity contribution is -0.132. The maximum absolute atomic E-state index is 12.8. The number of hydrogen-bond acceptors (Lipinski definition) is 2. The lowest BCUT2D eigenvalue weighted by Crippen LogP contribution is -2.44. The largest absolute Gasteiger partial charge is 0.325 e. The Labute approximate surface area is 130 Å². The highest BCUT2D eigenvalue weighted by atomic mass is 16.2. The van der Waals surface area contributed by atoms with Crippen molar-refractivity contribution in [2.75, 3.05) is 6.54 Å². The summed E-state index contributed by atoms with van der Waals surface area (Å²) in [6, 6.07) is 0.0639. The maximum atomic E-state index is 12.8. The van der Waals surface area contributed by atoms with Crippen molar-refractivity contribution in [1.29, 1.82) is 0 Å². The zero-order valence-corrected chi connectivity index (χ0v) is 14.5. The Kier molecular flexibility index (Phi) is 5.70. The number of rotatable bonds is 7. The number of amides is 1. The monoisotopic (exact) mass is 294 g/mol. The minimum atomic E-state index is 0.0639. The second-order valence-corrected chi connectivity index (χ2v) is 7.68. The molecule has 1 aliphatic heterocycles. The first-order valence-electron chi connectivity index (χ1n) is 9.08. The van der Waals surface area contributed by atoms with Gasteiger partial charge in [-0.2, -0.15) is 0 Å². The first-order chi connectivity index (χ1) is 10.0. The Bertz CT molecular complexity index is 347. The molecule has 1 saturated carbocycles. The van der Waals surface area contributed by atoms with Gasteiger partial charge in [0.05, 0.1) is 12.2 Å². The third-order valence-corrected chi connectivity index (χ3v) is 5.54. The SMILES string of the molecule is CCCC1NC(CC(C)C)N(CC2(CC)CCCC2)C1=O. The van der Waals surface area contributed by atoms with Gasteiger partial charge in [-0.3, -0.25) is 10.1 Å². The predicted molar refractivity (Wildman–Crippen MR) is 88.0 cm³/mol. The summed E-state index contributed by atoms with van der Waals surface area (Å²) in [6.45, 7) is 9.96. The summed E-state index contributed by atoms with van der Waals surface area (Å²) < 4.78 is 0. The van der Waals surface area contributed by atoms with E-state index in [1.807, 2.05) is 0 Å². The van der Waals surface area contributed by atoms with Crippen molar-refractivity contribution in [3.63, 3.8) is 0 Å². The summed E-state index contributed by atoms with van der Waals surface area (Å²) in [5.74, 6) is 0.988. The second kappa shape index (κ2) is 7.13. The molecule has 122 valence electrons. The van der Waals surface area contributed by atoms with Gasteiger partial charge in [-0.1, -0.05) is 47.0 Å². The molecule has 1 saturated heterocycles. The molecule has 1 heterocycles. The molecule has 21 heavy (non-hydrogen) atoms. The molecular formula is C18H34N2O. The Morgan fingerprint density at radius 3 is 2.48 bits per heavy atom. The molecule has 2 aliphatic rings. The van der Waals surface area contributed by atoms with Gasteiger partial charge in [0.15, 0.2) is 0 Å². The van der Waals surface area contributed by atoms with Crippen LogP contribution in [0, 0.1) is 11.3 Å². The van der Waals surface area contributed by atoms with Crippen LogP contribution >= 0.6 is 0 Å². The first-order valence-corrected chi connectivity index (χ1v) is 9.08. The molecule has 1 aliphatic carbocycles. The molecule has 1 amide bonds. The smallest absolute Gasteiger partial charge is 0.241 e. The zero-order valence-electron chi connectivity index (χ0n) is 14.5. The molecule has 0 aromatic carbocycles. The number of nitrogens with zero attached hydrogens (tertiary/aromatic N) is 1. The minimum Gasteiger partial charge on any atom is -0.325 e. The van der Waals surface area contributed by atoms with Crippen LogP contribution in [0.2, 0.25) is 0 Å². The van der Waals surface area contributed by atoms with Crippen molar-refractivity contribution < 1.29 is 4.79 Å². The summed E-state index contributed by atoms with van der Waals surface area (Å²) in [6.07, 6.45) is 9.90. The van der Waals surface area contributed by atoms with Crippen LogP contribution in [0.25, 0.3) is 0 Å². The van der Waals surface area contributed by atoms with Gasteiger partial charge >= 0.3 is 0 Å². The molecule has 0 spiro atoms. The van der Waals surface area contributed by atoms with Gasteiger partial charge in [-0.25, -0.2) is 0 Å². The van der Waals surface area contributed by atoms with Crippen molar-refractivity contribution in [1.82, 2.24) is 10.2 Å². The first kappa shape index (κ1) is 16.8. The molecule has 2 atom stereocenters. The van der Waals surface area contributed by atoms with Crippen molar-refractivity contribution in [2.24, 2.45) is 11.3 Å². The lowest BCUT2D eigenvalue weighted by Gasteiger charge is -2.36. The van der Waals surface area contributed by atoms with Crippen LogP contribution in [0.1, 0.15) is 79.1 Å². The topological polar surface area (TPSA) is 32.3 Å². The average molecular weight is 294 g/mol. The van der Waals surface area contributed by atoms with E-state index >= 15 is 0 Å². The van der Waals surface area contributed by atoms with Crippen molar-refractivity contribution >= 4 is 5.91 Å². The summed E-state index contributed by atoms with van der Waals surface area (Å²) in [4.78, 5) is 15.0. The summed E-state index contributed by atoms with van der Waals surface area (Å²) in [5.41, 5.74) is 0.397. The number of nitrogens with one attached hydrogen (secondary N) is 1. The molecule has 0 bridgehead atoms. The van der Waals surface area contributed by atoms with Crippen molar-refractivity contribution in [3.05, 3.63) is 0 Å². The van der Waals surface area contributed by atoms with Crippen LogP contribution in [-0.2, 0) is 4.79 Å². The van der Waals surface area contributed by atoms with Crippen LogP contribution in [0.15, 0.2) is 0 Å². The third kappa shape index (κ3) is 3.80. The molecule has 3 nitrogen and oxygen atoms in total. The van der Waals surface area contributed by atoms with E-state index in [1.54, 1.807) is 0 Å². The average Bonchev–Trinajstić information content (AvgIpc) is 3.01. The molecule has 1 N–H and O–H groups in total. The van der Waals surface area contributed by atoms with Gasteiger partial charge in [-0.05, 0) is 43.4 Å². The fraction of sp³-hybridized carbons (Fsp3) is 0.944. The van der Waals surface area contributed by atoms with Crippen LogP contribution in [0.3, 0.4) is 0 Å². The number of carbonyl (C=O) groups excluding carboxylic acids is 1. The standard InChI is InChI=1S/C18H34N2O/c1-5-9-15-17(21)20(16(19-15)12-14(3)4)13-18(6-2)10-7-8-11-18/h14-16,19H,5-13H2,1-4H3. The van der Waals surface area contributed by atoms with Gasteiger partial charge < -0.3 is 4.90 Å². The quantitative estimate of drug-likeness (QED) is 0.771. The van der Waals surface area contributed by atoms with E-state index in [9.17, 15) is 4.79 Å². The molecule has 0 aromatic heterocycles. The van der Waals surface area contributed by atoms with Crippen LogP contribution < -0.4 is 5.32 Å². The molecule has 0 radical (unpaired) electrons. The van der Waals surface area contributed by atoms with Crippen LogP contribution in [0.5, 0.6) is 0 Å². The maximum Gasteiger partial charge on any atom is 0.241 e. The molecular weight excluding hydrogens is 260 g/mol. The highest BCUT2D eigenvalue weighted by Gasteiger charge is 2.43. The third-order valence-electron chi connectivity index (χ3n) is 5.54. The van der Waals surface area contributed by atoms with Gasteiger partial charge in [0.25, 0.3) is 0 Å². The number of carbonyl (C=O) groups is 1. The van der Waals surface area contributed by atoms with E-state index in [4.69, 9.17) is 0 Å².